The number of halogens is 2. The zero-order valence-electron chi connectivity index (χ0n) is 14.5. The molecular formula is C16H16F2N2O6S. The van der Waals surface area contributed by atoms with Crippen molar-refractivity contribution in [2.45, 2.75) is 4.90 Å². The number of sulfonamides is 1. The fourth-order valence-corrected chi connectivity index (χ4v) is 3.02. The van der Waals surface area contributed by atoms with Crippen molar-refractivity contribution in [3.05, 3.63) is 47.5 Å². The predicted molar refractivity (Wildman–Crippen MR) is 90.2 cm³/mol. The third-order valence-corrected chi connectivity index (χ3v) is 4.60. The third kappa shape index (κ3) is 4.63. The van der Waals surface area contributed by atoms with Gasteiger partial charge in [0, 0.05) is 11.6 Å². The van der Waals surface area contributed by atoms with Crippen molar-refractivity contribution in [2.24, 2.45) is 0 Å². The molecule has 0 radical (unpaired) electrons. The van der Waals surface area contributed by atoms with E-state index >= 15 is 0 Å². The Bertz CT molecular complexity index is 920. The van der Waals surface area contributed by atoms with Crippen molar-refractivity contribution < 1.29 is 36.2 Å². The van der Waals surface area contributed by atoms with Crippen LogP contribution in [-0.4, -0.2) is 35.7 Å². The summed E-state index contributed by atoms with van der Waals surface area (Å²) >= 11 is 0. The van der Waals surface area contributed by atoms with Gasteiger partial charge in [-0.25, -0.2) is 17.2 Å². The van der Waals surface area contributed by atoms with Crippen molar-refractivity contribution in [3.63, 3.8) is 0 Å². The molecule has 2 aromatic carbocycles. The standard InChI is InChI=1S/C16H16F2N2O6S/c1-24-13-4-9(5-14(25-2)15(13)26-3)16(21)19-20-27(22,23)12-7-10(17)6-11(18)8-12/h4-8,20H,1-3H3,(H,19,21). The number of hydrazine groups is 1. The lowest BCUT2D eigenvalue weighted by Crippen LogP contribution is -2.41. The zero-order valence-corrected chi connectivity index (χ0v) is 15.3. The lowest BCUT2D eigenvalue weighted by Gasteiger charge is -2.14. The maximum atomic E-state index is 13.2. The monoisotopic (exact) mass is 402 g/mol. The van der Waals surface area contributed by atoms with E-state index in [0.717, 1.165) is 0 Å². The first kappa shape index (κ1) is 20.4. The highest BCUT2D eigenvalue weighted by Crippen LogP contribution is 2.38. The van der Waals surface area contributed by atoms with Gasteiger partial charge in [0.15, 0.2) is 11.5 Å². The van der Waals surface area contributed by atoms with Crippen molar-refractivity contribution in [2.75, 3.05) is 21.3 Å². The summed E-state index contributed by atoms with van der Waals surface area (Å²) < 4.78 is 65.9. The molecular weight excluding hydrogens is 386 g/mol. The summed E-state index contributed by atoms with van der Waals surface area (Å²) in [5.41, 5.74) is 1.93. The maximum absolute atomic E-state index is 13.2. The van der Waals surface area contributed by atoms with Crippen LogP contribution in [0.4, 0.5) is 8.78 Å². The van der Waals surface area contributed by atoms with Crippen LogP contribution >= 0.6 is 0 Å². The van der Waals surface area contributed by atoms with Crippen LogP contribution in [-0.2, 0) is 10.0 Å². The molecule has 2 aromatic rings. The summed E-state index contributed by atoms with van der Waals surface area (Å²) in [6.07, 6.45) is 0. The molecule has 0 aromatic heterocycles. The highest BCUT2D eigenvalue weighted by molar-refractivity contribution is 7.89. The maximum Gasteiger partial charge on any atom is 0.266 e. The van der Waals surface area contributed by atoms with Crippen LogP contribution in [0.3, 0.4) is 0 Å². The highest BCUT2D eigenvalue weighted by atomic mass is 32.2. The average Bonchev–Trinajstić information content (AvgIpc) is 2.64. The van der Waals surface area contributed by atoms with Crippen LogP contribution in [0, 0.1) is 11.6 Å². The number of benzene rings is 2. The number of carbonyl (C=O) groups is 1. The number of rotatable bonds is 7. The lowest BCUT2D eigenvalue weighted by atomic mass is 10.1. The topological polar surface area (TPSA) is 103 Å². The Labute approximate surface area is 154 Å². The molecule has 27 heavy (non-hydrogen) atoms. The van der Waals surface area contributed by atoms with Crippen LogP contribution in [0.5, 0.6) is 17.2 Å². The van der Waals surface area contributed by atoms with E-state index in [2.05, 4.69) is 0 Å². The van der Waals surface area contributed by atoms with Gasteiger partial charge < -0.3 is 14.2 Å². The minimum absolute atomic E-state index is 0.0161. The fraction of sp³-hybridized carbons (Fsp3) is 0.188. The summed E-state index contributed by atoms with van der Waals surface area (Å²) in [5.74, 6) is -2.42. The first-order valence-corrected chi connectivity index (χ1v) is 8.78. The second-order valence-corrected chi connectivity index (χ2v) is 6.76. The van der Waals surface area contributed by atoms with Gasteiger partial charge in [-0.05, 0) is 24.3 Å². The summed E-state index contributed by atoms with van der Waals surface area (Å²) in [4.78, 5) is 13.3. The zero-order chi connectivity index (χ0) is 20.2. The number of ether oxygens (including phenoxy) is 3. The van der Waals surface area contributed by atoms with Gasteiger partial charge in [0.1, 0.15) is 11.6 Å². The van der Waals surface area contributed by atoms with Gasteiger partial charge in [-0.15, -0.1) is 4.83 Å². The number of hydrogen-bond donors (Lipinski definition) is 2. The quantitative estimate of drug-likeness (QED) is 0.683. The number of nitrogens with one attached hydrogen (secondary N) is 2. The molecule has 11 heteroatoms. The SMILES string of the molecule is COc1cc(C(=O)NNS(=O)(=O)c2cc(F)cc(F)c2)cc(OC)c1OC. The van der Waals surface area contributed by atoms with Gasteiger partial charge in [0.05, 0.1) is 26.2 Å². The molecule has 0 heterocycles. The van der Waals surface area contributed by atoms with Crippen molar-refractivity contribution >= 4 is 15.9 Å². The third-order valence-electron chi connectivity index (χ3n) is 3.37. The van der Waals surface area contributed by atoms with Crippen molar-refractivity contribution in [3.8, 4) is 17.2 Å². The number of methoxy groups -OCH3 is 3. The highest BCUT2D eigenvalue weighted by Gasteiger charge is 2.20. The summed E-state index contributed by atoms with van der Waals surface area (Å²) in [7, 11) is -0.326. The molecule has 0 saturated carbocycles. The predicted octanol–water partition coefficient (Wildman–Crippen LogP) is 1.61. The van der Waals surface area contributed by atoms with Crippen molar-refractivity contribution in [1.29, 1.82) is 0 Å². The largest absolute Gasteiger partial charge is 0.493 e. The summed E-state index contributed by atoms with van der Waals surface area (Å²) in [6.45, 7) is 0. The Kier molecular flexibility index (Phi) is 6.18. The second-order valence-electron chi connectivity index (χ2n) is 5.08. The van der Waals surface area contributed by atoms with Gasteiger partial charge in [0.25, 0.3) is 15.9 Å². The summed E-state index contributed by atoms with van der Waals surface area (Å²) in [5, 5.41) is 0. The first-order chi connectivity index (χ1) is 12.7. The smallest absolute Gasteiger partial charge is 0.266 e. The minimum Gasteiger partial charge on any atom is -0.493 e. The molecule has 0 spiro atoms. The lowest BCUT2D eigenvalue weighted by molar-refractivity contribution is 0.0944. The molecule has 1 amide bonds. The number of hydrogen-bond acceptors (Lipinski definition) is 6. The molecule has 146 valence electrons. The molecule has 8 nitrogen and oxygen atoms in total. The normalized spacial score (nSPS) is 11.0. The molecule has 0 unspecified atom stereocenters. The molecule has 2 rings (SSSR count). The van der Waals surface area contributed by atoms with E-state index < -0.39 is 32.5 Å². The summed E-state index contributed by atoms with van der Waals surface area (Å²) in [6, 6.07) is 4.33. The van der Waals surface area contributed by atoms with E-state index in [0.29, 0.717) is 18.2 Å². The van der Waals surface area contributed by atoms with E-state index in [1.54, 1.807) is 4.83 Å². The Morgan fingerprint density at radius 1 is 0.889 bits per heavy atom. The van der Waals surface area contributed by atoms with Crippen LogP contribution in [0.15, 0.2) is 35.2 Å². The fourth-order valence-electron chi connectivity index (χ4n) is 2.14. The Balaban J connectivity index is 2.24. The minimum atomic E-state index is -4.40. The van der Waals surface area contributed by atoms with E-state index in [9.17, 15) is 22.0 Å². The molecule has 2 N–H and O–H groups in total. The average molecular weight is 402 g/mol. The molecule has 0 bridgehead atoms. The molecule has 0 atom stereocenters. The first-order valence-electron chi connectivity index (χ1n) is 7.30. The van der Waals surface area contributed by atoms with Gasteiger partial charge in [-0.1, -0.05) is 0 Å². The second kappa shape index (κ2) is 8.18. The molecule has 0 aliphatic heterocycles. The molecule has 0 fully saturated rings. The molecule has 0 aliphatic carbocycles. The van der Waals surface area contributed by atoms with E-state index in [1.165, 1.54) is 33.5 Å². The van der Waals surface area contributed by atoms with Crippen LogP contribution in [0.2, 0.25) is 0 Å². The Hall–Kier alpha value is -2.92. The molecule has 0 aliphatic rings. The van der Waals surface area contributed by atoms with Gasteiger partial charge in [0.2, 0.25) is 5.75 Å². The van der Waals surface area contributed by atoms with Gasteiger partial charge in [-0.3, -0.25) is 10.2 Å². The van der Waals surface area contributed by atoms with Crippen LogP contribution < -0.4 is 24.5 Å². The van der Waals surface area contributed by atoms with Crippen LogP contribution in [0.1, 0.15) is 10.4 Å². The van der Waals surface area contributed by atoms with E-state index in [-0.39, 0.29) is 22.8 Å². The Morgan fingerprint density at radius 2 is 1.41 bits per heavy atom. The van der Waals surface area contributed by atoms with Gasteiger partial charge >= 0.3 is 0 Å². The number of carbonyl (C=O) groups excluding carboxylic acids is 1. The van der Waals surface area contributed by atoms with Gasteiger partial charge in [-0.2, -0.15) is 0 Å². The Morgan fingerprint density at radius 3 is 1.85 bits per heavy atom. The number of amides is 1. The van der Waals surface area contributed by atoms with Crippen LogP contribution in [0.25, 0.3) is 0 Å². The molecule has 0 saturated heterocycles. The van der Waals surface area contributed by atoms with Crippen molar-refractivity contribution in [1.82, 2.24) is 10.3 Å². The van der Waals surface area contributed by atoms with E-state index in [1.807, 2.05) is 5.43 Å². The van der Waals surface area contributed by atoms with E-state index in [4.69, 9.17) is 14.2 Å².